The second-order valence-corrected chi connectivity index (χ2v) is 7.08. The molecular formula is C10H9BrF3N3O3S. The first-order chi connectivity index (χ1) is 9.57. The van der Waals surface area contributed by atoms with E-state index in [1.165, 1.54) is 6.08 Å². The number of aromatic nitrogens is 2. The van der Waals surface area contributed by atoms with Crippen LogP contribution in [-0.2, 0) is 16.4 Å². The van der Waals surface area contributed by atoms with Gasteiger partial charge in [0, 0.05) is 5.41 Å². The van der Waals surface area contributed by atoms with E-state index in [1.807, 2.05) is 0 Å². The van der Waals surface area contributed by atoms with E-state index >= 15 is 0 Å². The van der Waals surface area contributed by atoms with Gasteiger partial charge < -0.3 is 5.32 Å². The van der Waals surface area contributed by atoms with Gasteiger partial charge in [-0.2, -0.15) is 18.3 Å². The first kappa shape index (κ1) is 16.0. The molecule has 1 atom stereocenters. The van der Waals surface area contributed by atoms with Crippen LogP contribution in [0.25, 0.3) is 0 Å². The summed E-state index contributed by atoms with van der Waals surface area (Å²) in [4.78, 5) is 11.7. The maximum absolute atomic E-state index is 12.3. The van der Waals surface area contributed by atoms with Crippen LogP contribution in [0.1, 0.15) is 0 Å². The van der Waals surface area contributed by atoms with E-state index in [1.54, 1.807) is 0 Å². The van der Waals surface area contributed by atoms with Crippen LogP contribution in [0.3, 0.4) is 0 Å². The summed E-state index contributed by atoms with van der Waals surface area (Å²) in [7, 11) is -3.28. The number of anilines is 1. The molecule has 0 amide bonds. The normalized spacial score (nSPS) is 20.7. The number of hydrogen-bond acceptors (Lipinski definition) is 5. The molecule has 1 unspecified atom stereocenters. The molecule has 1 aromatic heterocycles. The van der Waals surface area contributed by atoms with Gasteiger partial charge in [-0.25, -0.2) is 13.1 Å². The van der Waals surface area contributed by atoms with Crippen LogP contribution in [0.4, 0.5) is 18.9 Å². The molecule has 116 valence electrons. The molecule has 0 spiro atoms. The molecule has 1 aromatic rings. The van der Waals surface area contributed by atoms with Crippen LogP contribution >= 0.6 is 15.9 Å². The molecule has 11 heteroatoms. The fourth-order valence-electron chi connectivity index (χ4n) is 1.71. The van der Waals surface area contributed by atoms with Crippen molar-refractivity contribution >= 4 is 31.5 Å². The Hall–Kier alpha value is -1.36. The maximum Gasteiger partial charge on any atom is 0.408 e. The van der Waals surface area contributed by atoms with E-state index in [-0.39, 0.29) is 20.6 Å². The van der Waals surface area contributed by atoms with Gasteiger partial charge in [0.25, 0.3) is 5.56 Å². The Morgan fingerprint density at radius 2 is 2.14 bits per heavy atom. The summed E-state index contributed by atoms with van der Waals surface area (Å²) in [6.45, 7) is -1.50. The number of rotatable bonds is 3. The third-order valence-electron chi connectivity index (χ3n) is 2.58. The van der Waals surface area contributed by atoms with Crippen molar-refractivity contribution in [3.63, 3.8) is 0 Å². The first-order valence-electron chi connectivity index (χ1n) is 5.57. The molecule has 6 nitrogen and oxygen atoms in total. The van der Waals surface area contributed by atoms with E-state index in [2.05, 4.69) is 26.3 Å². The Balaban J connectivity index is 2.22. The minimum atomic E-state index is -4.56. The van der Waals surface area contributed by atoms with Gasteiger partial charge in [0.1, 0.15) is 11.0 Å². The van der Waals surface area contributed by atoms with Crippen LogP contribution < -0.4 is 10.9 Å². The van der Waals surface area contributed by atoms with Crippen molar-refractivity contribution in [2.75, 3.05) is 11.1 Å². The lowest BCUT2D eigenvalue weighted by atomic mass is 10.3. The van der Waals surface area contributed by atoms with Gasteiger partial charge in [-0.15, -0.1) is 0 Å². The molecule has 1 aliphatic rings. The zero-order valence-electron chi connectivity index (χ0n) is 10.3. The first-order valence-corrected chi connectivity index (χ1v) is 8.08. The van der Waals surface area contributed by atoms with Crippen LogP contribution in [-0.4, -0.2) is 36.2 Å². The molecule has 1 N–H and O–H groups in total. The lowest BCUT2D eigenvalue weighted by Crippen LogP contribution is -2.32. The largest absolute Gasteiger partial charge is 0.408 e. The van der Waals surface area contributed by atoms with Crippen molar-refractivity contribution in [2.45, 2.75) is 18.8 Å². The number of halogens is 4. The lowest BCUT2D eigenvalue weighted by Gasteiger charge is -2.14. The zero-order chi connectivity index (χ0) is 15.8. The summed E-state index contributed by atoms with van der Waals surface area (Å²) in [5.41, 5.74) is -0.827. The summed E-state index contributed by atoms with van der Waals surface area (Å²) in [5.74, 6) is -0.189. The fraction of sp³-hybridized carbons (Fsp3) is 0.400. The monoisotopic (exact) mass is 387 g/mol. The molecule has 0 aromatic carbocycles. The molecule has 0 fully saturated rings. The topological polar surface area (TPSA) is 81.1 Å². The minimum absolute atomic E-state index is 0.130. The van der Waals surface area contributed by atoms with Crippen molar-refractivity contribution in [2.24, 2.45) is 0 Å². The number of sulfone groups is 1. The maximum atomic E-state index is 12.3. The quantitative estimate of drug-likeness (QED) is 0.844. The molecule has 2 rings (SSSR count). The van der Waals surface area contributed by atoms with Gasteiger partial charge in [0.2, 0.25) is 0 Å². The second kappa shape index (κ2) is 5.44. The number of nitrogens with zero attached hydrogens (tertiary/aromatic N) is 2. The van der Waals surface area contributed by atoms with E-state index in [9.17, 15) is 26.4 Å². The highest BCUT2D eigenvalue weighted by molar-refractivity contribution is 9.10. The van der Waals surface area contributed by atoms with Crippen LogP contribution in [0.2, 0.25) is 0 Å². The highest BCUT2D eigenvalue weighted by Crippen LogP contribution is 2.21. The molecule has 2 heterocycles. The molecule has 0 bridgehead atoms. The Bertz CT molecular complexity index is 742. The Labute approximate surface area is 125 Å². The van der Waals surface area contributed by atoms with Crippen molar-refractivity contribution in [1.82, 2.24) is 9.78 Å². The third-order valence-corrected chi connectivity index (χ3v) is 4.75. The third kappa shape index (κ3) is 4.06. The van der Waals surface area contributed by atoms with Crippen LogP contribution in [0, 0.1) is 0 Å². The molecule has 21 heavy (non-hydrogen) atoms. The summed E-state index contributed by atoms with van der Waals surface area (Å²) in [6, 6.07) is -0.564. The van der Waals surface area contributed by atoms with Gasteiger partial charge in [-0.3, -0.25) is 4.79 Å². The number of alkyl halides is 3. The number of nitrogens with one attached hydrogen (secondary N) is 1. The molecular weight excluding hydrogens is 379 g/mol. The van der Waals surface area contributed by atoms with Crippen LogP contribution in [0.15, 0.2) is 26.9 Å². The standard InChI is InChI=1S/C10H9BrF3N3O3S/c11-8-7(16-6-1-2-21(19,20)4-6)3-15-17(9(8)18)5-10(12,13)14/h1-3,6,16H,4-5H2. The zero-order valence-corrected chi connectivity index (χ0v) is 12.7. The lowest BCUT2D eigenvalue weighted by molar-refractivity contribution is -0.143. The minimum Gasteiger partial charge on any atom is -0.375 e. The predicted octanol–water partition coefficient (Wildman–Crippen LogP) is 1.29. The molecule has 0 saturated carbocycles. The van der Waals surface area contributed by atoms with Crippen LogP contribution in [0.5, 0.6) is 0 Å². The molecule has 1 aliphatic heterocycles. The highest BCUT2D eigenvalue weighted by atomic mass is 79.9. The Morgan fingerprint density at radius 3 is 2.67 bits per heavy atom. The second-order valence-electron chi connectivity index (χ2n) is 4.36. The van der Waals surface area contributed by atoms with E-state index in [0.29, 0.717) is 0 Å². The fourth-order valence-corrected chi connectivity index (χ4v) is 3.37. The van der Waals surface area contributed by atoms with Gasteiger partial charge >= 0.3 is 6.18 Å². The number of hydrogen-bond donors (Lipinski definition) is 1. The van der Waals surface area contributed by atoms with Gasteiger partial charge in [0.05, 0.1) is 23.7 Å². The van der Waals surface area contributed by atoms with Crippen molar-refractivity contribution < 1.29 is 21.6 Å². The highest BCUT2D eigenvalue weighted by Gasteiger charge is 2.30. The van der Waals surface area contributed by atoms with Crippen molar-refractivity contribution in [3.8, 4) is 0 Å². The smallest absolute Gasteiger partial charge is 0.375 e. The molecule has 0 radical (unpaired) electrons. The predicted molar refractivity (Wildman–Crippen MR) is 72.6 cm³/mol. The van der Waals surface area contributed by atoms with Gasteiger partial charge in [0.15, 0.2) is 9.84 Å². The SMILES string of the molecule is O=c1c(Br)c(NC2C=CS(=O)(=O)C2)cnn1CC(F)(F)F. The van der Waals surface area contributed by atoms with E-state index in [0.717, 1.165) is 11.6 Å². The Kier molecular flexibility index (Phi) is 4.15. The van der Waals surface area contributed by atoms with Gasteiger partial charge in [-0.1, -0.05) is 6.08 Å². The summed E-state index contributed by atoms with van der Waals surface area (Å²) in [6.07, 6.45) is -2.13. The summed E-state index contributed by atoms with van der Waals surface area (Å²) in [5, 5.41) is 7.19. The van der Waals surface area contributed by atoms with Gasteiger partial charge in [-0.05, 0) is 15.9 Å². The summed E-state index contributed by atoms with van der Waals surface area (Å²) < 4.78 is 59.4. The van der Waals surface area contributed by atoms with Crippen molar-refractivity contribution in [1.29, 1.82) is 0 Å². The average molecular weight is 388 g/mol. The molecule has 0 saturated heterocycles. The van der Waals surface area contributed by atoms with E-state index in [4.69, 9.17) is 0 Å². The molecule has 0 aliphatic carbocycles. The average Bonchev–Trinajstić information content (AvgIpc) is 2.67. The van der Waals surface area contributed by atoms with E-state index < -0.39 is 34.2 Å². The van der Waals surface area contributed by atoms with Crippen molar-refractivity contribution in [3.05, 3.63) is 32.5 Å². The summed E-state index contributed by atoms with van der Waals surface area (Å²) >= 11 is 2.90. The Morgan fingerprint density at radius 1 is 1.48 bits per heavy atom.